The molecule has 1 N–H and O–H groups in total. The van der Waals surface area contributed by atoms with Gasteiger partial charge in [0.05, 0.1) is 10.6 Å². The molecular formula is C16H25ClFNO. The summed E-state index contributed by atoms with van der Waals surface area (Å²) in [7, 11) is 1.74. The second kappa shape index (κ2) is 7.96. The molecule has 1 unspecified atom stereocenters. The number of hydrogen-bond acceptors (Lipinski definition) is 2. The van der Waals surface area contributed by atoms with Crippen molar-refractivity contribution >= 4 is 11.6 Å². The monoisotopic (exact) mass is 301 g/mol. The molecule has 1 aromatic carbocycles. The largest absolute Gasteiger partial charge is 0.377 e. The Morgan fingerprint density at radius 3 is 2.45 bits per heavy atom. The van der Waals surface area contributed by atoms with Crippen molar-refractivity contribution in [3.63, 3.8) is 0 Å². The zero-order chi connectivity index (χ0) is 15.2. The van der Waals surface area contributed by atoms with Gasteiger partial charge in [0.2, 0.25) is 0 Å². The van der Waals surface area contributed by atoms with E-state index in [2.05, 4.69) is 26.1 Å². The summed E-state index contributed by atoms with van der Waals surface area (Å²) in [5.74, 6) is -0.365. The van der Waals surface area contributed by atoms with E-state index in [1.165, 1.54) is 6.07 Å². The van der Waals surface area contributed by atoms with E-state index in [0.717, 1.165) is 24.9 Å². The number of benzene rings is 1. The van der Waals surface area contributed by atoms with Crippen LogP contribution in [0.15, 0.2) is 18.2 Å². The van der Waals surface area contributed by atoms with Gasteiger partial charge in [0.1, 0.15) is 5.82 Å². The molecule has 0 aliphatic heterocycles. The summed E-state index contributed by atoms with van der Waals surface area (Å²) in [6.45, 7) is 7.13. The number of hydrogen-bond donors (Lipinski definition) is 1. The summed E-state index contributed by atoms with van der Waals surface area (Å²) in [6.07, 6.45) is 2.44. The molecule has 0 aromatic heterocycles. The van der Waals surface area contributed by atoms with Gasteiger partial charge in [-0.3, -0.25) is 0 Å². The fourth-order valence-electron chi connectivity index (χ4n) is 2.79. The molecule has 0 heterocycles. The number of ether oxygens (including phenoxy) is 1. The fraction of sp³-hybridized carbons (Fsp3) is 0.625. The molecule has 0 fully saturated rings. The highest BCUT2D eigenvalue weighted by molar-refractivity contribution is 6.31. The van der Waals surface area contributed by atoms with Gasteiger partial charge in [-0.1, -0.05) is 44.5 Å². The van der Waals surface area contributed by atoms with E-state index in [4.69, 9.17) is 16.3 Å². The Hall–Kier alpha value is -0.640. The lowest BCUT2D eigenvalue weighted by molar-refractivity contribution is -0.0468. The lowest BCUT2D eigenvalue weighted by atomic mass is 9.84. The highest BCUT2D eigenvalue weighted by Gasteiger charge is 2.35. The second-order valence-corrected chi connectivity index (χ2v) is 5.38. The van der Waals surface area contributed by atoms with Gasteiger partial charge in [-0.2, -0.15) is 0 Å². The summed E-state index contributed by atoms with van der Waals surface area (Å²) >= 11 is 6.07. The van der Waals surface area contributed by atoms with Crippen LogP contribution in [0.3, 0.4) is 0 Å². The van der Waals surface area contributed by atoms with E-state index >= 15 is 0 Å². The summed E-state index contributed by atoms with van der Waals surface area (Å²) in [4.78, 5) is 0. The molecule has 0 bridgehead atoms. The molecule has 0 amide bonds. The highest BCUT2D eigenvalue weighted by Crippen LogP contribution is 2.29. The van der Waals surface area contributed by atoms with Crippen molar-refractivity contribution < 1.29 is 9.13 Å². The number of methoxy groups -OCH3 is 1. The van der Waals surface area contributed by atoms with E-state index < -0.39 is 0 Å². The molecule has 0 aliphatic rings. The molecule has 4 heteroatoms. The van der Waals surface area contributed by atoms with Gasteiger partial charge in [-0.25, -0.2) is 4.39 Å². The van der Waals surface area contributed by atoms with Gasteiger partial charge in [0.25, 0.3) is 0 Å². The van der Waals surface area contributed by atoms with Crippen LogP contribution in [0.5, 0.6) is 0 Å². The van der Waals surface area contributed by atoms with Gasteiger partial charge >= 0.3 is 0 Å². The van der Waals surface area contributed by atoms with E-state index in [0.29, 0.717) is 6.42 Å². The molecule has 2 nitrogen and oxygen atoms in total. The second-order valence-electron chi connectivity index (χ2n) is 5.00. The van der Waals surface area contributed by atoms with Crippen LogP contribution in [-0.2, 0) is 11.2 Å². The SMILES string of the molecule is CCNC(Cc1cccc(F)c1Cl)C(CC)(CC)OC. The minimum absolute atomic E-state index is 0.104. The molecular weight excluding hydrogens is 277 g/mol. The van der Waals surface area contributed by atoms with Gasteiger partial charge in [-0.15, -0.1) is 0 Å². The van der Waals surface area contributed by atoms with Crippen LogP contribution in [0, 0.1) is 5.82 Å². The summed E-state index contributed by atoms with van der Waals surface area (Å²) < 4.78 is 19.4. The first-order valence-electron chi connectivity index (χ1n) is 7.26. The topological polar surface area (TPSA) is 21.3 Å². The van der Waals surface area contributed by atoms with Gasteiger partial charge < -0.3 is 10.1 Å². The minimum atomic E-state index is -0.365. The number of nitrogens with one attached hydrogen (secondary N) is 1. The maximum Gasteiger partial charge on any atom is 0.142 e. The molecule has 0 radical (unpaired) electrons. The average molecular weight is 302 g/mol. The number of halogens is 2. The minimum Gasteiger partial charge on any atom is -0.377 e. The third-order valence-corrected chi connectivity index (χ3v) is 4.57. The maximum absolute atomic E-state index is 13.6. The first-order valence-corrected chi connectivity index (χ1v) is 7.63. The van der Waals surface area contributed by atoms with Gasteiger partial charge in [0.15, 0.2) is 0 Å². The summed E-state index contributed by atoms with van der Waals surface area (Å²) in [6, 6.07) is 5.07. The van der Waals surface area contributed by atoms with E-state index in [1.54, 1.807) is 13.2 Å². The molecule has 1 atom stereocenters. The third kappa shape index (κ3) is 3.72. The van der Waals surface area contributed by atoms with Crippen molar-refractivity contribution in [1.82, 2.24) is 5.32 Å². The first-order chi connectivity index (χ1) is 9.54. The summed E-state index contributed by atoms with van der Waals surface area (Å²) in [5.41, 5.74) is 0.562. The van der Waals surface area contributed by atoms with Crippen molar-refractivity contribution in [2.45, 2.75) is 51.7 Å². The van der Waals surface area contributed by atoms with Crippen LogP contribution in [-0.4, -0.2) is 25.3 Å². The zero-order valence-corrected chi connectivity index (χ0v) is 13.6. The number of rotatable bonds is 8. The molecule has 0 saturated carbocycles. The predicted octanol–water partition coefficient (Wildman–Crippen LogP) is 4.20. The van der Waals surface area contributed by atoms with Crippen molar-refractivity contribution in [2.24, 2.45) is 0 Å². The lowest BCUT2D eigenvalue weighted by Crippen LogP contribution is -2.52. The van der Waals surface area contributed by atoms with Gasteiger partial charge in [-0.05, 0) is 37.4 Å². The quantitative estimate of drug-likeness (QED) is 0.777. The summed E-state index contributed by atoms with van der Waals surface area (Å²) in [5, 5.41) is 3.68. The molecule has 1 aromatic rings. The van der Waals surface area contributed by atoms with Crippen LogP contribution < -0.4 is 5.32 Å². The standard InChI is InChI=1S/C16H25ClFNO/c1-5-16(6-2,20-4)14(19-7-3)11-12-9-8-10-13(18)15(12)17/h8-10,14,19H,5-7,11H2,1-4H3. The van der Waals surface area contributed by atoms with Gasteiger partial charge in [0, 0.05) is 13.2 Å². The van der Waals surface area contributed by atoms with Crippen molar-refractivity contribution in [3.8, 4) is 0 Å². The fourth-order valence-corrected chi connectivity index (χ4v) is 2.99. The van der Waals surface area contributed by atoms with Crippen molar-refractivity contribution in [2.75, 3.05) is 13.7 Å². The number of likely N-dealkylation sites (N-methyl/N-ethyl adjacent to an activating group) is 1. The smallest absolute Gasteiger partial charge is 0.142 e. The molecule has 20 heavy (non-hydrogen) atoms. The molecule has 0 spiro atoms. The molecule has 114 valence electrons. The molecule has 0 saturated heterocycles. The molecule has 1 rings (SSSR count). The van der Waals surface area contributed by atoms with E-state index in [1.807, 2.05) is 6.07 Å². The lowest BCUT2D eigenvalue weighted by Gasteiger charge is -2.39. The Labute approximate surface area is 126 Å². The Kier molecular flexibility index (Phi) is 6.93. The Bertz CT molecular complexity index is 413. The van der Waals surface area contributed by atoms with Crippen molar-refractivity contribution in [1.29, 1.82) is 0 Å². The maximum atomic E-state index is 13.6. The Morgan fingerprint density at radius 2 is 1.95 bits per heavy atom. The normalized spacial score (nSPS) is 13.5. The van der Waals surface area contributed by atoms with Crippen LogP contribution >= 0.6 is 11.6 Å². The third-order valence-electron chi connectivity index (χ3n) is 4.14. The predicted molar refractivity (Wildman–Crippen MR) is 82.9 cm³/mol. The van der Waals surface area contributed by atoms with Crippen LogP contribution in [0.1, 0.15) is 39.2 Å². The first kappa shape index (κ1) is 17.4. The van der Waals surface area contributed by atoms with Crippen molar-refractivity contribution in [3.05, 3.63) is 34.6 Å². The molecule has 0 aliphatic carbocycles. The van der Waals surface area contributed by atoms with Crippen LogP contribution in [0.2, 0.25) is 5.02 Å². The Morgan fingerprint density at radius 1 is 1.30 bits per heavy atom. The van der Waals surface area contributed by atoms with E-state index in [-0.39, 0.29) is 22.5 Å². The average Bonchev–Trinajstić information content (AvgIpc) is 2.46. The van der Waals surface area contributed by atoms with Crippen LogP contribution in [0.25, 0.3) is 0 Å². The van der Waals surface area contributed by atoms with E-state index in [9.17, 15) is 4.39 Å². The van der Waals surface area contributed by atoms with Crippen LogP contribution in [0.4, 0.5) is 4.39 Å². The zero-order valence-electron chi connectivity index (χ0n) is 12.8. The highest BCUT2D eigenvalue weighted by atomic mass is 35.5. The Balaban J connectivity index is 3.05.